The topological polar surface area (TPSA) is 18.5 Å². The molecule has 0 bridgehead atoms. The highest BCUT2D eigenvalue weighted by atomic mass is 16.5. The Labute approximate surface area is 99.3 Å². The number of hydrogen-bond donors (Lipinski definition) is 0. The molecule has 0 aromatic rings. The van der Waals surface area contributed by atoms with Gasteiger partial charge >= 0.3 is 0 Å². The summed E-state index contributed by atoms with van der Waals surface area (Å²) in [5.74, 6) is 0.661. The lowest BCUT2D eigenvalue weighted by molar-refractivity contribution is 0.0399. The SMILES string of the molecule is C=C1COC(C)C1.C=C1CO[C@@H](C)C[C@H]1C. The molecule has 16 heavy (non-hydrogen) atoms. The van der Waals surface area contributed by atoms with Crippen LogP contribution < -0.4 is 0 Å². The molecule has 2 aliphatic heterocycles. The standard InChI is InChI=1S/C8H14O.C6H10O/c1-6-4-8(3)9-5-7(6)2;1-5-3-6(2)7-4-5/h6,8H,2,4-5H2,1,3H3;6H,1,3-4H2,2H3/t6-,8+;/m1./s1. The van der Waals surface area contributed by atoms with Crippen LogP contribution in [-0.2, 0) is 9.47 Å². The minimum absolute atomic E-state index is 0.424. The largest absolute Gasteiger partial charge is 0.374 e. The van der Waals surface area contributed by atoms with Gasteiger partial charge in [0.05, 0.1) is 25.4 Å². The van der Waals surface area contributed by atoms with Gasteiger partial charge in [-0.2, -0.15) is 0 Å². The molecule has 2 nitrogen and oxygen atoms in total. The third kappa shape index (κ3) is 4.50. The van der Waals surface area contributed by atoms with Crippen LogP contribution in [0, 0.1) is 5.92 Å². The number of rotatable bonds is 0. The first kappa shape index (κ1) is 13.5. The lowest BCUT2D eigenvalue weighted by Gasteiger charge is -2.26. The molecular formula is C14H24O2. The van der Waals surface area contributed by atoms with Crippen molar-refractivity contribution in [2.24, 2.45) is 5.92 Å². The molecule has 2 fully saturated rings. The molecule has 2 rings (SSSR count). The number of hydrogen-bond acceptors (Lipinski definition) is 2. The third-order valence-corrected chi connectivity index (χ3v) is 3.08. The number of ether oxygens (including phenoxy) is 2. The van der Waals surface area contributed by atoms with Crippen LogP contribution in [0.1, 0.15) is 33.6 Å². The van der Waals surface area contributed by atoms with Crippen molar-refractivity contribution >= 4 is 0 Å². The Hall–Kier alpha value is -0.600. The summed E-state index contributed by atoms with van der Waals surface area (Å²) in [5.41, 5.74) is 2.47. The minimum Gasteiger partial charge on any atom is -0.374 e. The molecule has 2 aliphatic rings. The fourth-order valence-electron chi connectivity index (χ4n) is 1.91. The van der Waals surface area contributed by atoms with Gasteiger partial charge in [0.25, 0.3) is 0 Å². The first-order valence-corrected chi connectivity index (χ1v) is 6.06. The molecule has 2 saturated heterocycles. The minimum atomic E-state index is 0.424. The maximum Gasteiger partial charge on any atom is 0.0680 e. The molecule has 0 radical (unpaired) electrons. The predicted octanol–water partition coefficient (Wildman–Crippen LogP) is 3.34. The second-order valence-corrected chi connectivity index (χ2v) is 4.99. The van der Waals surface area contributed by atoms with Crippen molar-refractivity contribution in [1.82, 2.24) is 0 Å². The van der Waals surface area contributed by atoms with Crippen molar-refractivity contribution < 1.29 is 9.47 Å². The van der Waals surface area contributed by atoms with E-state index in [4.69, 9.17) is 9.47 Å². The Morgan fingerprint density at radius 3 is 1.94 bits per heavy atom. The Bertz CT molecular complexity index is 257. The van der Waals surface area contributed by atoms with Crippen molar-refractivity contribution in [2.75, 3.05) is 13.2 Å². The molecular weight excluding hydrogens is 200 g/mol. The smallest absolute Gasteiger partial charge is 0.0680 e. The van der Waals surface area contributed by atoms with Crippen LogP contribution in [0.15, 0.2) is 24.3 Å². The van der Waals surface area contributed by atoms with Gasteiger partial charge in [0.15, 0.2) is 0 Å². The van der Waals surface area contributed by atoms with Crippen LogP contribution in [0.25, 0.3) is 0 Å². The van der Waals surface area contributed by atoms with E-state index in [9.17, 15) is 0 Å². The molecule has 3 atom stereocenters. The van der Waals surface area contributed by atoms with Gasteiger partial charge in [0, 0.05) is 0 Å². The van der Waals surface area contributed by atoms with Gasteiger partial charge < -0.3 is 9.47 Å². The summed E-state index contributed by atoms with van der Waals surface area (Å²) in [6.45, 7) is 15.6. The Kier molecular flexibility index (Phi) is 5.23. The van der Waals surface area contributed by atoms with E-state index in [0.717, 1.165) is 26.1 Å². The van der Waals surface area contributed by atoms with E-state index in [0.29, 0.717) is 18.1 Å². The fraction of sp³-hybridized carbons (Fsp3) is 0.714. The van der Waals surface area contributed by atoms with Gasteiger partial charge in [-0.15, -0.1) is 0 Å². The quantitative estimate of drug-likeness (QED) is 0.588. The second-order valence-electron chi connectivity index (χ2n) is 4.99. The van der Waals surface area contributed by atoms with Gasteiger partial charge in [-0.3, -0.25) is 0 Å². The van der Waals surface area contributed by atoms with E-state index in [-0.39, 0.29) is 0 Å². The summed E-state index contributed by atoms with van der Waals surface area (Å²) in [5, 5.41) is 0. The van der Waals surface area contributed by atoms with E-state index < -0.39 is 0 Å². The fourth-order valence-corrected chi connectivity index (χ4v) is 1.91. The lowest BCUT2D eigenvalue weighted by Crippen LogP contribution is -2.23. The van der Waals surface area contributed by atoms with E-state index in [1.165, 1.54) is 11.1 Å². The lowest BCUT2D eigenvalue weighted by atomic mass is 9.94. The van der Waals surface area contributed by atoms with Crippen molar-refractivity contribution in [3.8, 4) is 0 Å². The van der Waals surface area contributed by atoms with E-state index >= 15 is 0 Å². The highest BCUT2D eigenvalue weighted by molar-refractivity contribution is 5.02. The van der Waals surface area contributed by atoms with Crippen LogP contribution in [-0.4, -0.2) is 25.4 Å². The van der Waals surface area contributed by atoms with Crippen LogP contribution in [0.5, 0.6) is 0 Å². The zero-order valence-electron chi connectivity index (χ0n) is 10.8. The molecule has 0 aliphatic carbocycles. The average molecular weight is 224 g/mol. The predicted molar refractivity (Wildman–Crippen MR) is 67.5 cm³/mol. The van der Waals surface area contributed by atoms with Crippen LogP contribution in [0.3, 0.4) is 0 Å². The molecule has 92 valence electrons. The molecule has 0 spiro atoms. The molecule has 0 aromatic heterocycles. The van der Waals surface area contributed by atoms with Crippen LogP contribution in [0.4, 0.5) is 0 Å². The summed E-state index contributed by atoms with van der Waals surface area (Å²) in [6.07, 6.45) is 3.05. The van der Waals surface area contributed by atoms with Crippen LogP contribution in [0.2, 0.25) is 0 Å². The van der Waals surface area contributed by atoms with E-state index in [2.05, 4.69) is 33.9 Å². The monoisotopic (exact) mass is 224 g/mol. The first-order chi connectivity index (χ1) is 7.49. The normalized spacial score (nSPS) is 34.6. The summed E-state index contributed by atoms with van der Waals surface area (Å²) in [7, 11) is 0. The Balaban J connectivity index is 0.000000165. The third-order valence-electron chi connectivity index (χ3n) is 3.08. The van der Waals surface area contributed by atoms with Crippen molar-refractivity contribution in [3.63, 3.8) is 0 Å². The molecule has 1 unspecified atom stereocenters. The Morgan fingerprint density at radius 2 is 1.62 bits per heavy atom. The summed E-state index contributed by atoms with van der Waals surface area (Å²) < 4.78 is 10.5. The Morgan fingerprint density at radius 1 is 1.00 bits per heavy atom. The molecule has 0 aromatic carbocycles. The van der Waals surface area contributed by atoms with Crippen LogP contribution >= 0.6 is 0 Å². The summed E-state index contributed by atoms with van der Waals surface area (Å²) in [6, 6.07) is 0. The molecule has 0 amide bonds. The highest BCUT2D eigenvalue weighted by Crippen LogP contribution is 2.22. The molecule has 0 N–H and O–H groups in total. The van der Waals surface area contributed by atoms with Gasteiger partial charge in [0.1, 0.15) is 0 Å². The van der Waals surface area contributed by atoms with Crippen molar-refractivity contribution in [2.45, 2.75) is 45.8 Å². The highest BCUT2D eigenvalue weighted by Gasteiger charge is 2.17. The maximum atomic E-state index is 5.36. The zero-order valence-corrected chi connectivity index (χ0v) is 10.8. The summed E-state index contributed by atoms with van der Waals surface area (Å²) in [4.78, 5) is 0. The van der Waals surface area contributed by atoms with Crippen molar-refractivity contribution in [3.05, 3.63) is 24.3 Å². The van der Waals surface area contributed by atoms with E-state index in [1.54, 1.807) is 0 Å². The molecule has 2 heterocycles. The van der Waals surface area contributed by atoms with Gasteiger partial charge in [0.2, 0.25) is 0 Å². The molecule has 2 heteroatoms. The molecule has 0 saturated carbocycles. The van der Waals surface area contributed by atoms with Gasteiger partial charge in [-0.25, -0.2) is 0 Å². The van der Waals surface area contributed by atoms with Crippen molar-refractivity contribution in [1.29, 1.82) is 0 Å². The maximum absolute atomic E-state index is 5.36. The second kappa shape index (κ2) is 6.21. The zero-order chi connectivity index (χ0) is 12.1. The van der Waals surface area contributed by atoms with Gasteiger partial charge in [-0.1, -0.05) is 20.1 Å². The van der Waals surface area contributed by atoms with Gasteiger partial charge in [-0.05, 0) is 43.8 Å². The van der Waals surface area contributed by atoms with E-state index in [1.807, 2.05) is 0 Å². The average Bonchev–Trinajstić information content (AvgIpc) is 2.58. The summed E-state index contributed by atoms with van der Waals surface area (Å²) >= 11 is 0. The first-order valence-electron chi connectivity index (χ1n) is 6.06.